The first kappa shape index (κ1) is 44.7. The Kier molecular flexibility index (Phi) is 16.0. The Bertz CT molecular complexity index is 1750. The molecule has 53 heavy (non-hydrogen) atoms. The number of benzene rings is 4. The molecule has 0 atom stereocenters. The molecule has 0 saturated heterocycles. The average Bonchev–Trinajstić information content (AvgIpc) is 3.05. The van der Waals surface area contributed by atoms with Gasteiger partial charge in [0.05, 0.1) is 25.7 Å². The van der Waals surface area contributed by atoms with Gasteiger partial charge in [-0.2, -0.15) is 5.26 Å². The summed E-state index contributed by atoms with van der Waals surface area (Å²) in [5, 5.41) is 54.9. The molecule has 4 aromatic rings. The van der Waals surface area contributed by atoms with Crippen molar-refractivity contribution in [3.63, 3.8) is 0 Å². The van der Waals surface area contributed by atoms with E-state index in [0.717, 1.165) is 50.1 Å². The highest BCUT2D eigenvalue weighted by Crippen LogP contribution is 2.39. The first-order valence-corrected chi connectivity index (χ1v) is 19.0. The second-order valence-corrected chi connectivity index (χ2v) is 16.5. The Labute approximate surface area is 320 Å². The van der Waals surface area contributed by atoms with Gasteiger partial charge in [-0.1, -0.05) is 123 Å². The van der Waals surface area contributed by atoms with Crippen molar-refractivity contribution < 1.29 is 25.3 Å². The minimum Gasteiger partial charge on any atom is -0.872 e. The molecule has 0 fully saturated rings. The molecule has 0 heterocycles. The van der Waals surface area contributed by atoms with Crippen LogP contribution in [0.25, 0.3) is 0 Å². The number of hydrogen-bond acceptors (Lipinski definition) is 5. The molecular weight excluding hydrogens is 657 g/mol. The molecule has 0 bridgehead atoms. The van der Waals surface area contributed by atoms with Crippen LogP contribution in [0.2, 0.25) is 0 Å². The average molecular weight is 723 g/mol. The van der Waals surface area contributed by atoms with Crippen molar-refractivity contribution in [2.75, 3.05) is 19.6 Å². The van der Waals surface area contributed by atoms with Crippen molar-refractivity contribution in [3.8, 4) is 29.1 Å². The highest BCUT2D eigenvalue weighted by molar-refractivity contribution is 5.55. The maximum atomic E-state index is 13.8. The summed E-state index contributed by atoms with van der Waals surface area (Å²) in [5.74, 6) is 0.588. The van der Waals surface area contributed by atoms with Gasteiger partial charge in [-0.05, 0) is 92.7 Å². The number of phenolic OH excluding ortho intramolecular Hbond substituents is 3. The molecule has 0 radical (unpaired) electrons. The predicted molar refractivity (Wildman–Crippen MR) is 219 cm³/mol. The summed E-state index contributed by atoms with van der Waals surface area (Å²) in [5.41, 5.74) is 9.49. The van der Waals surface area contributed by atoms with Crippen molar-refractivity contribution in [3.05, 3.63) is 115 Å². The smallest absolute Gasteiger partial charge is 0.122 e. The van der Waals surface area contributed by atoms with Crippen LogP contribution in [-0.2, 0) is 30.1 Å². The topological polar surface area (TPSA) is 112 Å². The van der Waals surface area contributed by atoms with Crippen LogP contribution in [0, 0.1) is 39.0 Å². The largest absolute Gasteiger partial charge is 0.872 e. The van der Waals surface area contributed by atoms with E-state index < -0.39 is 0 Å². The maximum absolute atomic E-state index is 13.8. The zero-order chi connectivity index (χ0) is 40.4. The van der Waals surface area contributed by atoms with Gasteiger partial charge >= 0.3 is 0 Å². The normalized spacial score (nSPS) is 11.4. The Hall–Kier alpha value is -4.47. The third-order valence-electron chi connectivity index (χ3n) is 9.72. The van der Waals surface area contributed by atoms with Crippen LogP contribution >= 0.6 is 0 Å². The van der Waals surface area contributed by atoms with Gasteiger partial charge in [0, 0.05) is 26.2 Å². The molecule has 0 aliphatic carbocycles. The summed E-state index contributed by atoms with van der Waals surface area (Å²) < 4.78 is 0. The van der Waals surface area contributed by atoms with Crippen molar-refractivity contribution >= 4 is 0 Å². The lowest BCUT2D eigenvalue weighted by atomic mass is 9.83. The van der Waals surface area contributed by atoms with Gasteiger partial charge in [-0.15, -0.1) is 5.75 Å². The second kappa shape index (κ2) is 19.0. The summed E-state index contributed by atoms with van der Waals surface area (Å²) in [6, 6.07) is 17.4. The molecule has 0 aromatic heterocycles. The molecule has 0 spiro atoms. The molecule has 4 rings (SSSR count). The molecule has 0 amide bonds. The fourth-order valence-corrected chi connectivity index (χ4v) is 6.88. The van der Waals surface area contributed by atoms with Gasteiger partial charge in [0.2, 0.25) is 0 Å². The van der Waals surface area contributed by atoms with Gasteiger partial charge in [-0.3, -0.25) is 0 Å². The maximum Gasteiger partial charge on any atom is 0.122 e. The Morgan fingerprint density at radius 2 is 0.774 bits per heavy atom. The van der Waals surface area contributed by atoms with E-state index in [4.69, 9.17) is 5.26 Å². The molecule has 0 unspecified atom stereocenters. The zero-order valence-corrected chi connectivity index (χ0v) is 35.1. The number of phenols is 3. The lowest BCUT2D eigenvalue weighted by Crippen LogP contribution is -3.11. The van der Waals surface area contributed by atoms with Crippen LogP contribution in [0.5, 0.6) is 23.0 Å². The Morgan fingerprint density at radius 1 is 0.528 bits per heavy atom. The fourth-order valence-electron chi connectivity index (χ4n) is 6.88. The highest BCUT2D eigenvalue weighted by Gasteiger charge is 2.23. The van der Waals surface area contributed by atoms with Gasteiger partial charge in [0.25, 0.3) is 0 Å². The van der Waals surface area contributed by atoms with Crippen LogP contribution < -0.4 is 10.0 Å². The van der Waals surface area contributed by atoms with E-state index in [9.17, 15) is 20.4 Å². The van der Waals surface area contributed by atoms with E-state index in [0.29, 0.717) is 29.5 Å². The first-order chi connectivity index (χ1) is 24.6. The highest BCUT2D eigenvalue weighted by atomic mass is 16.3. The van der Waals surface area contributed by atoms with E-state index in [1.54, 1.807) is 11.0 Å². The second-order valence-electron chi connectivity index (χ2n) is 16.5. The number of nitrogens with zero attached hydrogens (tertiary/aromatic N) is 1. The summed E-state index contributed by atoms with van der Waals surface area (Å²) >= 11 is 0. The van der Waals surface area contributed by atoms with Gasteiger partial charge in [-0.25, -0.2) is 0 Å². The van der Waals surface area contributed by atoms with E-state index in [1.165, 1.54) is 26.6 Å². The number of aromatic hydroxyl groups is 3. The molecule has 288 valence electrons. The quantitative estimate of drug-likeness (QED) is 0.138. The summed E-state index contributed by atoms with van der Waals surface area (Å²) in [7, 11) is 0. The van der Waals surface area contributed by atoms with Crippen LogP contribution in [0.15, 0.2) is 48.5 Å². The summed E-state index contributed by atoms with van der Waals surface area (Å²) in [6.45, 7) is 32.3. The lowest BCUT2D eigenvalue weighted by Gasteiger charge is -2.25. The van der Waals surface area contributed by atoms with Gasteiger partial charge < -0.3 is 25.3 Å². The standard InChI is InChI=1S/C39H48O4.C6H15N.C2H3N/c1-22-11-26(34(40)28(13-22)20-30-15-24(3)17-32(36(30)42)38(5,6)7)19-27-12-23(2)14-29(35(27)41)21-31-16-25(4)18-33(37(31)43)39(8,9)10;1-4-7(5-2)6-3;1-2-3/h11-18,40-43H,19-21H2,1-10H3;4-6H2,1-3H3;1H3. The molecule has 6 nitrogen and oxygen atoms in total. The minimum atomic E-state index is -0.229. The molecule has 0 aliphatic heterocycles. The number of nitriles is 1. The molecule has 4 N–H and O–H groups in total. The molecule has 4 aromatic carbocycles. The van der Waals surface area contributed by atoms with E-state index in [1.807, 2.05) is 76.2 Å². The first-order valence-electron chi connectivity index (χ1n) is 19.0. The molecule has 6 heteroatoms. The van der Waals surface area contributed by atoms with Crippen LogP contribution in [0.3, 0.4) is 0 Å². The van der Waals surface area contributed by atoms with Gasteiger partial charge in [0.15, 0.2) is 0 Å². The summed E-state index contributed by atoms with van der Waals surface area (Å²) in [4.78, 5) is 1.68. The van der Waals surface area contributed by atoms with E-state index in [-0.39, 0.29) is 40.2 Å². The predicted octanol–water partition coefficient (Wildman–Crippen LogP) is 8.94. The van der Waals surface area contributed by atoms with Gasteiger partial charge in [0.1, 0.15) is 17.2 Å². The number of aryl methyl sites for hydroxylation is 4. The number of hydrogen-bond donors (Lipinski definition) is 4. The van der Waals surface area contributed by atoms with E-state index >= 15 is 0 Å². The summed E-state index contributed by atoms with van der Waals surface area (Å²) in [6.07, 6.45) is 0.995. The van der Waals surface area contributed by atoms with E-state index in [2.05, 4.69) is 62.3 Å². The Balaban J connectivity index is 0.000000859. The zero-order valence-electron chi connectivity index (χ0n) is 35.1. The number of nitrogens with one attached hydrogen (secondary N) is 1. The monoisotopic (exact) mass is 723 g/mol. The SMILES string of the molecule is CC#N.CC[NH+](CC)CC.Cc1cc(Cc2cc(C)cc(Cc3cc(C)cc(C(C)(C)C)c3O)c2O)c([O-])c(Cc2cc(C)cc(C(C)(C)C)c2O)c1. The van der Waals surface area contributed by atoms with Crippen molar-refractivity contribution in [1.29, 1.82) is 5.26 Å². The minimum absolute atomic E-state index is 0.0718. The fraction of sp³-hybridized carbons (Fsp3) is 0.468. The molecule has 0 aliphatic rings. The number of rotatable bonds is 9. The van der Waals surface area contributed by atoms with Crippen LogP contribution in [-0.4, -0.2) is 35.0 Å². The molecular formula is C47H66N2O4. The van der Waals surface area contributed by atoms with Crippen LogP contribution in [0.4, 0.5) is 0 Å². The Morgan fingerprint density at radius 3 is 1.04 bits per heavy atom. The van der Waals surface area contributed by atoms with Crippen molar-refractivity contribution in [2.24, 2.45) is 0 Å². The molecule has 0 saturated carbocycles. The van der Waals surface area contributed by atoms with Crippen molar-refractivity contribution in [1.82, 2.24) is 0 Å². The number of quaternary nitrogens is 1. The van der Waals surface area contributed by atoms with Crippen LogP contribution in [0.1, 0.15) is 136 Å². The lowest BCUT2D eigenvalue weighted by molar-refractivity contribution is -0.894. The third-order valence-corrected chi connectivity index (χ3v) is 9.72. The van der Waals surface area contributed by atoms with Crippen molar-refractivity contribution in [2.45, 2.75) is 127 Å². The third kappa shape index (κ3) is 12.3.